The third kappa shape index (κ3) is 1390. The quantitative estimate of drug-likeness (QED) is 0.425. The van der Waals surface area contributed by atoms with Crippen LogP contribution in [0.5, 0.6) is 0 Å². The first-order valence-electron chi connectivity index (χ1n) is 2.74. The van der Waals surface area contributed by atoms with Crippen LogP contribution >= 0.6 is 0 Å². The number of hydrogen-bond donors (Lipinski definition) is 1. The van der Waals surface area contributed by atoms with Crippen LogP contribution in [0.4, 0.5) is 0 Å². The van der Waals surface area contributed by atoms with Crippen molar-refractivity contribution in [3.05, 3.63) is 0 Å². The minimum Gasteiger partial charge on any atom is -0.550 e. The predicted octanol–water partition coefficient (Wildman–Crippen LogP) is -2.78. The van der Waals surface area contributed by atoms with Gasteiger partial charge in [0.25, 0.3) is 5.97 Å². The summed E-state index contributed by atoms with van der Waals surface area (Å²) >= 11 is 0. The van der Waals surface area contributed by atoms with Crippen molar-refractivity contribution in [3.8, 4) is 0 Å². The second kappa shape index (κ2) is 17.3. The fourth-order valence-electron chi connectivity index (χ4n) is 0. The molecule has 0 saturated carbocycles. The zero-order valence-corrected chi connectivity index (χ0v) is 9.11. The molecule has 0 unspecified atom stereocenters. The SMILES string of the molecule is CC(=O)O.CC(=O)[O-].CC(=O)[O-].[Mg+2]. The molecule has 0 aromatic rings. The molecule has 0 aliphatic heterocycles. The van der Waals surface area contributed by atoms with E-state index in [1.54, 1.807) is 0 Å². The molecule has 0 bridgehead atoms. The number of carboxylic acid groups (broad SMARTS) is 3. The van der Waals surface area contributed by atoms with E-state index >= 15 is 0 Å². The van der Waals surface area contributed by atoms with Crippen LogP contribution in [-0.4, -0.2) is 46.1 Å². The van der Waals surface area contributed by atoms with Gasteiger partial charge in [0.2, 0.25) is 0 Å². The second-order valence-electron chi connectivity index (χ2n) is 1.50. The summed E-state index contributed by atoms with van der Waals surface area (Å²) < 4.78 is 0. The van der Waals surface area contributed by atoms with Gasteiger partial charge in [-0.25, -0.2) is 0 Å². The maximum Gasteiger partial charge on any atom is 2.00 e. The molecule has 0 radical (unpaired) electrons. The maximum absolute atomic E-state index is 9.00. The smallest absolute Gasteiger partial charge is 0.550 e. The predicted molar refractivity (Wildman–Crippen MR) is 40.4 cm³/mol. The van der Waals surface area contributed by atoms with Crippen molar-refractivity contribution < 1.29 is 29.7 Å². The Morgan fingerprint density at radius 2 is 0.923 bits per heavy atom. The molecule has 0 aliphatic rings. The number of carbonyl (C=O) groups excluding carboxylic acids is 2. The van der Waals surface area contributed by atoms with Crippen LogP contribution in [0.15, 0.2) is 0 Å². The van der Waals surface area contributed by atoms with Crippen molar-refractivity contribution in [2.45, 2.75) is 20.8 Å². The Hall–Kier alpha value is -0.824. The van der Waals surface area contributed by atoms with Crippen LogP contribution in [-0.2, 0) is 14.4 Å². The normalized spacial score (nSPS) is 5.77. The summed E-state index contributed by atoms with van der Waals surface area (Å²) in [6.45, 7) is 3.03. The molecule has 72 valence electrons. The van der Waals surface area contributed by atoms with E-state index in [0.717, 1.165) is 20.8 Å². The van der Waals surface area contributed by atoms with Crippen molar-refractivity contribution >= 4 is 41.0 Å². The molecule has 0 aromatic carbocycles. The summed E-state index contributed by atoms with van der Waals surface area (Å²) in [5.41, 5.74) is 0. The molecule has 0 rings (SSSR count). The maximum atomic E-state index is 9.00. The molecule has 0 fully saturated rings. The van der Waals surface area contributed by atoms with Crippen LogP contribution in [0.3, 0.4) is 0 Å². The van der Waals surface area contributed by atoms with E-state index in [0.29, 0.717) is 0 Å². The summed E-state index contributed by atoms with van der Waals surface area (Å²) in [6, 6.07) is 0. The number of carboxylic acids is 3. The third-order valence-electron chi connectivity index (χ3n) is 0. The standard InChI is InChI=1S/3C2H4O2.Mg/c3*1-2(3)4;/h3*1H3,(H,3,4);/q;;;+2/p-2. The largest absolute Gasteiger partial charge is 2.00 e. The first-order chi connectivity index (χ1) is 5.20. The molecule has 0 spiro atoms. The van der Waals surface area contributed by atoms with Gasteiger partial charge >= 0.3 is 23.1 Å². The summed E-state index contributed by atoms with van der Waals surface area (Å²) in [7, 11) is 0. The molecular weight excluding hydrogens is 192 g/mol. The average Bonchev–Trinajstić information content (AvgIpc) is 1.54. The molecule has 1 N–H and O–H groups in total. The van der Waals surface area contributed by atoms with Gasteiger partial charge in [-0.3, -0.25) is 4.79 Å². The monoisotopic (exact) mass is 202 g/mol. The van der Waals surface area contributed by atoms with Crippen molar-refractivity contribution in [2.24, 2.45) is 0 Å². The van der Waals surface area contributed by atoms with E-state index in [4.69, 9.17) is 29.7 Å². The van der Waals surface area contributed by atoms with Crippen LogP contribution in [0, 0.1) is 0 Å². The van der Waals surface area contributed by atoms with Gasteiger partial charge in [0.1, 0.15) is 0 Å². The third-order valence-corrected chi connectivity index (χ3v) is 0. The van der Waals surface area contributed by atoms with Crippen LogP contribution in [0.25, 0.3) is 0 Å². The summed E-state index contributed by atoms with van der Waals surface area (Å²) in [4.78, 5) is 26.8. The minimum atomic E-state index is -1.08. The number of aliphatic carboxylic acids is 3. The zero-order valence-electron chi connectivity index (χ0n) is 7.70. The Labute approximate surface area is 91.7 Å². The fraction of sp³-hybridized carbons (Fsp3) is 0.500. The van der Waals surface area contributed by atoms with Crippen LogP contribution in [0.1, 0.15) is 20.8 Å². The van der Waals surface area contributed by atoms with E-state index in [1.807, 2.05) is 0 Å². The first kappa shape index (κ1) is 22.8. The summed E-state index contributed by atoms with van der Waals surface area (Å²) in [5, 5.41) is 25.2. The number of rotatable bonds is 0. The minimum absolute atomic E-state index is 0. The number of hydrogen-bond acceptors (Lipinski definition) is 5. The van der Waals surface area contributed by atoms with Gasteiger partial charge in [0.15, 0.2) is 0 Å². The fourth-order valence-corrected chi connectivity index (χ4v) is 0. The average molecular weight is 202 g/mol. The van der Waals surface area contributed by atoms with Crippen molar-refractivity contribution in [1.82, 2.24) is 0 Å². The molecule has 0 aliphatic carbocycles. The van der Waals surface area contributed by atoms with Crippen LogP contribution in [0.2, 0.25) is 0 Å². The van der Waals surface area contributed by atoms with E-state index in [1.165, 1.54) is 0 Å². The van der Waals surface area contributed by atoms with Gasteiger partial charge in [0.05, 0.1) is 0 Å². The molecule has 0 aromatic heterocycles. The molecule has 13 heavy (non-hydrogen) atoms. The van der Waals surface area contributed by atoms with E-state index in [9.17, 15) is 0 Å². The van der Waals surface area contributed by atoms with E-state index < -0.39 is 17.9 Å². The Morgan fingerprint density at radius 1 is 0.923 bits per heavy atom. The molecule has 6 nitrogen and oxygen atoms in total. The van der Waals surface area contributed by atoms with Gasteiger partial charge in [-0.1, -0.05) is 0 Å². The number of carbonyl (C=O) groups is 3. The van der Waals surface area contributed by atoms with E-state index in [2.05, 4.69) is 0 Å². The summed E-state index contributed by atoms with van der Waals surface area (Å²) in [6.07, 6.45) is 0. The van der Waals surface area contributed by atoms with Gasteiger partial charge < -0.3 is 24.9 Å². The van der Waals surface area contributed by atoms with Crippen LogP contribution < -0.4 is 10.2 Å². The molecule has 0 heterocycles. The van der Waals surface area contributed by atoms with Crippen molar-refractivity contribution in [1.29, 1.82) is 0 Å². The van der Waals surface area contributed by atoms with Gasteiger partial charge in [-0.05, 0) is 13.8 Å². The van der Waals surface area contributed by atoms with Gasteiger partial charge in [-0.2, -0.15) is 0 Å². The Morgan fingerprint density at radius 3 is 0.923 bits per heavy atom. The van der Waals surface area contributed by atoms with Gasteiger partial charge in [0, 0.05) is 18.9 Å². The van der Waals surface area contributed by atoms with Crippen molar-refractivity contribution in [2.75, 3.05) is 0 Å². The van der Waals surface area contributed by atoms with Gasteiger partial charge in [-0.15, -0.1) is 0 Å². The molecule has 0 atom stereocenters. The first-order valence-corrected chi connectivity index (χ1v) is 2.74. The second-order valence-corrected chi connectivity index (χ2v) is 1.50. The Bertz CT molecular complexity index is 115. The van der Waals surface area contributed by atoms with Crippen molar-refractivity contribution in [3.63, 3.8) is 0 Å². The molecule has 0 saturated heterocycles. The molecule has 0 amide bonds. The zero-order chi connectivity index (χ0) is 10.7. The summed E-state index contributed by atoms with van der Waals surface area (Å²) in [5.74, 6) is -3.00. The molecule has 7 heteroatoms. The Kier molecular flexibility index (Phi) is 30.3. The topological polar surface area (TPSA) is 118 Å². The Balaban J connectivity index is -0.0000000450. The molecular formula is C6H10MgO6. The van der Waals surface area contributed by atoms with E-state index in [-0.39, 0.29) is 23.1 Å².